The summed E-state index contributed by atoms with van der Waals surface area (Å²) in [5.74, 6) is -0.562. The number of benzene rings is 1. The van der Waals surface area contributed by atoms with Crippen molar-refractivity contribution in [3.8, 4) is 0 Å². The number of hydrogen-bond acceptors (Lipinski definition) is 3. The Hall–Kier alpha value is -1.34. The van der Waals surface area contributed by atoms with Crippen LogP contribution in [0.2, 0.25) is 0 Å². The Morgan fingerprint density at radius 2 is 2.23 bits per heavy atom. The number of amides is 1. The van der Waals surface area contributed by atoms with Crippen LogP contribution < -0.4 is 0 Å². The van der Waals surface area contributed by atoms with Crippen LogP contribution in [0.15, 0.2) is 12.1 Å². The zero-order valence-corrected chi connectivity index (χ0v) is 14.0. The first kappa shape index (κ1) is 15.6. The second-order valence-corrected chi connectivity index (χ2v) is 7.11. The first-order chi connectivity index (χ1) is 10.6. The van der Waals surface area contributed by atoms with Crippen LogP contribution in [0.3, 0.4) is 0 Å². The third-order valence-corrected chi connectivity index (χ3v) is 5.32. The van der Waals surface area contributed by atoms with Crippen molar-refractivity contribution >= 4 is 40.9 Å². The Labute approximate surface area is 137 Å². The Kier molecular flexibility index (Phi) is 4.54. The zero-order valence-electron chi connectivity index (χ0n) is 12.3. The van der Waals surface area contributed by atoms with Crippen molar-refractivity contribution in [2.24, 2.45) is 0 Å². The van der Waals surface area contributed by atoms with Crippen molar-refractivity contribution in [1.29, 1.82) is 0 Å². The van der Waals surface area contributed by atoms with Crippen LogP contribution in [0.25, 0.3) is 11.0 Å². The van der Waals surface area contributed by atoms with E-state index >= 15 is 0 Å². The molecule has 0 unspecified atom stereocenters. The molecule has 1 aromatic heterocycles. The summed E-state index contributed by atoms with van der Waals surface area (Å²) in [6.07, 6.45) is 5.31. The van der Waals surface area contributed by atoms with Crippen molar-refractivity contribution in [1.82, 2.24) is 14.9 Å². The van der Waals surface area contributed by atoms with Gasteiger partial charge in [-0.1, -0.05) is 6.42 Å². The number of thioether (sulfide) groups is 1. The normalized spacial score (nSPS) is 19.4. The highest BCUT2D eigenvalue weighted by molar-refractivity contribution is 7.99. The van der Waals surface area contributed by atoms with Gasteiger partial charge in [-0.05, 0) is 43.4 Å². The molecule has 1 amide bonds. The summed E-state index contributed by atoms with van der Waals surface area (Å²) < 4.78 is 14.2. The van der Waals surface area contributed by atoms with Gasteiger partial charge in [0.1, 0.15) is 5.82 Å². The molecule has 0 bridgehead atoms. The van der Waals surface area contributed by atoms with E-state index in [1.165, 1.54) is 12.1 Å². The molecule has 1 aliphatic heterocycles. The molecule has 1 fully saturated rings. The van der Waals surface area contributed by atoms with Gasteiger partial charge in [0.2, 0.25) is 0 Å². The third-order valence-electron chi connectivity index (χ3n) is 4.07. The molecule has 22 heavy (non-hydrogen) atoms. The van der Waals surface area contributed by atoms with Gasteiger partial charge in [-0.15, -0.1) is 0 Å². The molecule has 0 saturated carbocycles. The molecule has 0 spiro atoms. The van der Waals surface area contributed by atoms with Crippen LogP contribution >= 0.6 is 24.0 Å². The quantitative estimate of drug-likeness (QED) is 0.820. The minimum absolute atomic E-state index is 0.129. The molecular weight excluding hydrogens is 321 g/mol. The van der Waals surface area contributed by atoms with Crippen molar-refractivity contribution in [3.63, 3.8) is 0 Å². The fourth-order valence-corrected chi connectivity index (χ4v) is 3.87. The number of aromatic nitrogens is 2. The number of nitrogens with one attached hydrogen (secondary N) is 2. The lowest BCUT2D eigenvalue weighted by Crippen LogP contribution is -2.35. The Balaban J connectivity index is 1.99. The Morgan fingerprint density at radius 3 is 3.00 bits per heavy atom. The number of rotatable bonds is 2. The number of likely N-dealkylation sites (tertiary alicyclic amines) is 1. The van der Waals surface area contributed by atoms with Gasteiger partial charge in [0.15, 0.2) is 4.77 Å². The molecule has 1 aliphatic rings. The van der Waals surface area contributed by atoms with Crippen molar-refractivity contribution in [3.05, 3.63) is 28.3 Å². The van der Waals surface area contributed by atoms with Crippen molar-refractivity contribution < 1.29 is 9.18 Å². The van der Waals surface area contributed by atoms with Gasteiger partial charge >= 0.3 is 0 Å². The number of fused-ring (bicyclic) bond motifs is 1. The molecule has 4 nitrogen and oxygen atoms in total. The maximum absolute atomic E-state index is 13.8. The number of aromatic amines is 2. The topological polar surface area (TPSA) is 51.9 Å². The van der Waals surface area contributed by atoms with E-state index in [1.807, 2.05) is 4.90 Å². The van der Waals surface area contributed by atoms with Crippen LogP contribution in [0.1, 0.15) is 29.6 Å². The predicted octanol–water partition coefficient (Wildman–Crippen LogP) is 3.72. The lowest BCUT2D eigenvalue weighted by atomic mass is 10.1. The van der Waals surface area contributed by atoms with Crippen LogP contribution in [0, 0.1) is 10.6 Å². The SMILES string of the molecule is CS[C@H]1CCCCN(C(=O)c2cc(F)cc3[nH]c(=S)[nH]c23)C1. The van der Waals surface area contributed by atoms with E-state index < -0.39 is 5.82 Å². The number of H-pyrrole nitrogens is 2. The molecule has 0 aliphatic carbocycles. The molecule has 0 radical (unpaired) electrons. The highest BCUT2D eigenvalue weighted by atomic mass is 32.2. The number of carbonyl (C=O) groups excluding carboxylic acids is 1. The summed E-state index contributed by atoms with van der Waals surface area (Å²) in [6.45, 7) is 1.43. The number of nitrogens with zero attached hydrogens (tertiary/aromatic N) is 1. The predicted molar refractivity (Wildman–Crippen MR) is 90.5 cm³/mol. The van der Waals surface area contributed by atoms with E-state index in [4.69, 9.17) is 12.2 Å². The van der Waals surface area contributed by atoms with Gasteiger partial charge in [-0.2, -0.15) is 11.8 Å². The van der Waals surface area contributed by atoms with Gasteiger partial charge in [0, 0.05) is 18.3 Å². The van der Waals surface area contributed by atoms with E-state index in [2.05, 4.69) is 16.2 Å². The summed E-state index contributed by atoms with van der Waals surface area (Å²) in [5.41, 5.74) is 1.47. The second-order valence-electron chi connectivity index (χ2n) is 5.56. The van der Waals surface area contributed by atoms with Crippen LogP contribution in [0.4, 0.5) is 4.39 Å². The van der Waals surface area contributed by atoms with E-state index in [1.54, 1.807) is 11.8 Å². The Morgan fingerprint density at radius 1 is 1.41 bits per heavy atom. The molecular formula is C15H18FN3OS2. The van der Waals surface area contributed by atoms with Crippen molar-refractivity contribution in [2.45, 2.75) is 24.5 Å². The third kappa shape index (κ3) is 3.05. The van der Waals surface area contributed by atoms with Gasteiger partial charge in [0.25, 0.3) is 5.91 Å². The number of imidazole rings is 1. The van der Waals surface area contributed by atoms with Crippen LogP contribution in [-0.2, 0) is 0 Å². The molecule has 7 heteroatoms. The molecule has 2 heterocycles. The standard InChI is InChI=1S/C15H18FN3OS2/c1-22-10-4-2-3-5-19(8-10)14(20)11-6-9(16)7-12-13(11)18-15(21)17-12/h6-7,10H,2-5,8H2,1H3,(H2,17,18,21)/t10-/m0/s1. The van der Waals surface area contributed by atoms with Crippen LogP contribution in [-0.4, -0.2) is 45.4 Å². The smallest absolute Gasteiger partial charge is 0.256 e. The average Bonchev–Trinajstić information content (AvgIpc) is 2.72. The lowest BCUT2D eigenvalue weighted by molar-refractivity contribution is 0.0765. The Bertz CT molecular complexity index is 755. The maximum atomic E-state index is 13.8. The monoisotopic (exact) mass is 339 g/mol. The maximum Gasteiger partial charge on any atom is 0.256 e. The highest BCUT2D eigenvalue weighted by Crippen LogP contribution is 2.24. The summed E-state index contributed by atoms with van der Waals surface area (Å²) in [6, 6.07) is 2.65. The van der Waals surface area contributed by atoms with E-state index in [0.29, 0.717) is 33.2 Å². The largest absolute Gasteiger partial charge is 0.337 e. The zero-order chi connectivity index (χ0) is 15.7. The second kappa shape index (κ2) is 6.42. The lowest BCUT2D eigenvalue weighted by Gasteiger charge is -2.24. The average molecular weight is 339 g/mol. The van der Waals surface area contributed by atoms with Gasteiger partial charge in [-0.3, -0.25) is 4.79 Å². The van der Waals surface area contributed by atoms with Crippen molar-refractivity contribution in [2.75, 3.05) is 19.3 Å². The number of halogens is 1. The van der Waals surface area contributed by atoms with Gasteiger partial charge < -0.3 is 14.9 Å². The first-order valence-corrected chi connectivity index (χ1v) is 9.01. The minimum Gasteiger partial charge on any atom is -0.337 e. The molecule has 2 N–H and O–H groups in total. The highest BCUT2D eigenvalue weighted by Gasteiger charge is 2.24. The molecule has 3 rings (SSSR count). The molecule has 1 saturated heterocycles. The number of carbonyl (C=O) groups is 1. The summed E-state index contributed by atoms with van der Waals surface area (Å²) in [7, 11) is 0. The summed E-state index contributed by atoms with van der Waals surface area (Å²) in [4.78, 5) is 20.5. The van der Waals surface area contributed by atoms with Crippen LogP contribution in [0.5, 0.6) is 0 Å². The molecule has 118 valence electrons. The van der Waals surface area contributed by atoms with E-state index in [-0.39, 0.29) is 5.91 Å². The summed E-state index contributed by atoms with van der Waals surface area (Å²) >= 11 is 6.84. The first-order valence-electron chi connectivity index (χ1n) is 7.32. The van der Waals surface area contributed by atoms with Gasteiger partial charge in [-0.25, -0.2) is 4.39 Å². The fraction of sp³-hybridized carbons (Fsp3) is 0.467. The molecule has 1 atom stereocenters. The summed E-state index contributed by atoms with van der Waals surface area (Å²) in [5, 5.41) is 0.445. The fourth-order valence-electron chi connectivity index (χ4n) is 2.93. The number of hydrogen-bond donors (Lipinski definition) is 2. The molecule has 2 aromatic rings. The van der Waals surface area contributed by atoms with E-state index in [9.17, 15) is 9.18 Å². The molecule has 1 aromatic carbocycles. The minimum atomic E-state index is -0.433. The van der Waals surface area contributed by atoms with Gasteiger partial charge in [0.05, 0.1) is 16.6 Å². The van der Waals surface area contributed by atoms with E-state index in [0.717, 1.165) is 25.8 Å².